The number of ether oxygens (including phenoxy) is 3. The average molecular weight is 429 g/mol. The van der Waals surface area contributed by atoms with Crippen molar-refractivity contribution in [2.45, 2.75) is 31.4 Å². The van der Waals surface area contributed by atoms with Gasteiger partial charge < -0.3 is 24.0 Å². The van der Waals surface area contributed by atoms with Crippen LogP contribution in [0.25, 0.3) is 0 Å². The van der Waals surface area contributed by atoms with E-state index in [-0.39, 0.29) is 18.6 Å². The second-order valence-corrected chi connectivity index (χ2v) is 8.80. The quantitative estimate of drug-likeness (QED) is 0.745. The van der Waals surface area contributed by atoms with Gasteiger partial charge in [0, 0.05) is 30.2 Å². The molecule has 0 unspecified atom stereocenters. The van der Waals surface area contributed by atoms with Crippen LogP contribution < -0.4 is 9.47 Å². The molecule has 2 fully saturated rings. The summed E-state index contributed by atoms with van der Waals surface area (Å²) in [7, 11) is 0. The molecule has 1 aromatic heterocycles. The van der Waals surface area contributed by atoms with E-state index in [0.717, 1.165) is 5.01 Å². The number of carbonyl (C=O) groups is 2. The van der Waals surface area contributed by atoms with Crippen molar-refractivity contribution in [2.24, 2.45) is 0 Å². The number of hydrogen-bond donors (Lipinski definition) is 0. The Labute approximate surface area is 178 Å². The van der Waals surface area contributed by atoms with Gasteiger partial charge >= 0.3 is 0 Å². The second-order valence-electron chi connectivity index (χ2n) is 7.82. The van der Waals surface area contributed by atoms with Crippen LogP contribution in [0.5, 0.6) is 11.5 Å². The molecule has 0 aliphatic carbocycles. The highest BCUT2D eigenvalue weighted by Crippen LogP contribution is 2.34. The molecule has 0 N–H and O–H groups in total. The summed E-state index contributed by atoms with van der Waals surface area (Å²) in [5, 5.41) is 2.85. The van der Waals surface area contributed by atoms with Crippen LogP contribution in [0.1, 0.15) is 34.6 Å². The van der Waals surface area contributed by atoms with E-state index in [1.165, 1.54) is 0 Å². The Morgan fingerprint density at radius 3 is 2.83 bits per heavy atom. The van der Waals surface area contributed by atoms with Crippen molar-refractivity contribution in [1.29, 1.82) is 0 Å². The third-order valence-electron chi connectivity index (χ3n) is 5.95. The van der Waals surface area contributed by atoms with E-state index in [2.05, 4.69) is 4.98 Å². The maximum Gasteiger partial charge on any atom is 0.253 e. The fourth-order valence-corrected chi connectivity index (χ4v) is 4.90. The van der Waals surface area contributed by atoms with Crippen molar-refractivity contribution in [3.63, 3.8) is 0 Å². The van der Waals surface area contributed by atoms with Gasteiger partial charge in [-0.3, -0.25) is 9.59 Å². The lowest BCUT2D eigenvalue weighted by molar-refractivity contribution is -0.132. The highest BCUT2D eigenvalue weighted by atomic mass is 32.1. The summed E-state index contributed by atoms with van der Waals surface area (Å²) < 4.78 is 16.9. The summed E-state index contributed by atoms with van der Waals surface area (Å²) in [5.74, 6) is 1.35. The Bertz CT molecular complexity index is 940. The summed E-state index contributed by atoms with van der Waals surface area (Å²) in [6, 6.07) is 5.29. The van der Waals surface area contributed by atoms with Crippen LogP contribution in [0.15, 0.2) is 29.8 Å². The molecular weight excluding hydrogens is 406 g/mol. The van der Waals surface area contributed by atoms with Crippen molar-refractivity contribution in [3.05, 3.63) is 40.3 Å². The van der Waals surface area contributed by atoms with Gasteiger partial charge in [0.15, 0.2) is 11.5 Å². The lowest BCUT2D eigenvalue weighted by Gasteiger charge is -2.42. The molecule has 1 spiro atoms. The van der Waals surface area contributed by atoms with E-state index >= 15 is 0 Å². The van der Waals surface area contributed by atoms with Crippen molar-refractivity contribution in [1.82, 2.24) is 14.8 Å². The maximum absolute atomic E-state index is 13.0. The zero-order valence-corrected chi connectivity index (χ0v) is 17.4. The molecule has 0 bridgehead atoms. The molecular formula is C21H23N3O5S. The topological polar surface area (TPSA) is 81.2 Å². The van der Waals surface area contributed by atoms with Crippen molar-refractivity contribution >= 4 is 23.2 Å². The third-order valence-corrected chi connectivity index (χ3v) is 6.71. The molecule has 9 heteroatoms. The first-order valence-electron chi connectivity index (χ1n) is 10.1. The minimum absolute atomic E-state index is 0.0208. The maximum atomic E-state index is 13.0. The molecule has 2 saturated heterocycles. The normalized spacial score (nSPS) is 20.5. The summed E-state index contributed by atoms with van der Waals surface area (Å²) >= 11 is 1.55. The van der Waals surface area contributed by atoms with Crippen molar-refractivity contribution in [3.8, 4) is 11.5 Å². The Morgan fingerprint density at radius 1 is 1.20 bits per heavy atom. The Kier molecular flexibility index (Phi) is 5.08. The number of rotatable bonds is 3. The SMILES string of the molecule is O=C1CCOC2(CCN(C(=O)c3ccc4c(c3)OCO4)CC2)CN1Cc1nccs1. The molecule has 30 heavy (non-hydrogen) atoms. The van der Waals surface area contributed by atoms with Crippen LogP contribution in [-0.2, 0) is 16.1 Å². The summed E-state index contributed by atoms with van der Waals surface area (Å²) in [6.45, 7) is 2.84. The highest BCUT2D eigenvalue weighted by Gasteiger charge is 2.41. The average Bonchev–Trinajstić information content (AvgIpc) is 3.42. The lowest BCUT2D eigenvalue weighted by atomic mass is 9.90. The van der Waals surface area contributed by atoms with Gasteiger partial charge in [0.05, 0.1) is 31.7 Å². The molecule has 158 valence electrons. The van der Waals surface area contributed by atoms with Crippen LogP contribution in [0.3, 0.4) is 0 Å². The zero-order valence-electron chi connectivity index (χ0n) is 16.5. The van der Waals surface area contributed by atoms with Crippen LogP contribution in [0.2, 0.25) is 0 Å². The minimum atomic E-state index is -0.408. The standard InChI is InChI=1S/C21H23N3O5S/c25-19-3-9-29-21(13-24(19)12-18-22-6-10-30-18)4-7-23(8-5-21)20(26)15-1-2-16-17(11-15)28-14-27-16/h1-2,6,10-11H,3-5,7-9,12-14H2. The van der Waals surface area contributed by atoms with E-state index in [4.69, 9.17) is 14.2 Å². The smallest absolute Gasteiger partial charge is 0.253 e. The molecule has 2 amide bonds. The van der Waals surface area contributed by atoms with Gasteiger partial charge in [-0.15, -0.1) is 11.3 Å². The third kappa shape index (κ3) is 3.75. The Morgan fingerprint density at radius 2 is 2.03 bits per heavy atom. The van der Waals surface area contributed by atoms with Gasteiger partial charge in [-0.25, -0.2) is 4.98 Å². The van der Waals surface area contributed by atoms with E-state index in [9.17, 15) is 9.59 Å². The number of piperidine rings is 1. The lowest BCUT2D eigenvalue weighted by Crippen LogP contribution is -2.53. The van der Waals surface area contributed by atoms with E-state index in [1.807, 2.05) is 15.2 Å². The number of likely N-dealkylation sites (tertiary alicyclic amines) is 1. The van der Waals surface area contributed by atoms with Crippen molar-refractivity contribution < 1.29 is 23.8 Å². The van der Waals surface area contributed by atoms with E-state index in [0.29, 0.717) is 69.1 Å². The monoisotopic (exact) mass is 429 g/mol. The van der Waals surface area contributed by atoms with Gasteiger partial charge in [0.1, 0.15) is 5.01 Å². The number of thiazole rings is 1. The summed E-state index contributed by atoms with van der Waals surface area (Å²) in [5.41, 5.74) is 0.187. The van der Waals surface area contributed by atoms with Gasteiger partial charge in [-0.2, -0.15) is 0 Å². The number of carbonyl (C=O) groups excluding carboxylic acids is 2. The molecule has 0 atom stereocenters. The zero-order chi connectivity index (χ0) is 20.6. The van der Waals surface area contributed by atoms with Crippen LogP contribution in [0, 0.1) is 0 Å². The predicted molar refractivity (Wildman–Crippen MR) is 109 cm³/mol. The first kappa shape index (κ1) is 19.3. The van der Waals surface area contributed by atoms with Gasteiger partial charge in [0.25, 0.3) is 5.91 Å². The molecule has 1 aromatic carbocycles. The van der Waals surface area contributed by atoms with E-state index in [1.54, 1.807) is 35.7 Å². The number of nitrogens with zero attached hydrogens (tertiary/aromatic N) is 3. The van der Waals surface area contributed by atoms with Crippen LogP contribution in [0.4, 0.5) is 0 Å². The molecule has 8 nitrogen and oxygen atoms in total. The first-order valence-corrected chi connectivity index (χ1v) is 11.0. The number of hydrogen-bond acceptors (Lipinski definition) is 7. The number of fused-ring (bicyclic) bond motifs is 1. The number of benzene rings is 1. The fraction of sp³-hybridized carbons (Fsp3) is 0.476. The Balaban J connectivity index is 1.25. The summed E-state index contributed by atoms with van der Waals surface area (Å²) in [4.78, 5) is 33.6. The second kappa shape index (κ2) is 7.88. The number of aromatic nitrogens is 1. The largest absolute Gasteiger partial charge is 0.454 e. The van der Waals surface area contributed by atoms with Crippen molar-refractivity contribution in [2.75, 3.05) is 33.0 Å². The predicted octanol–water partition coefficient (Wildman–Crippen LogP) is 2.30. The highest BCUT2D eigenvalue weighted by molar-refractivity contribution is 7.09. The first-order chi connectivity index (χ1) is 14.6. The van der Waals surface area contributed by atoms with Gasteiger partial charge in [0.2, 0.25) is 12.7 Å². The summed E-state index contributed by atoms with van der Waals surface area (Å²) in [6.07, 6.45) is 3.54. The van der Waals surface area contributed by atoms with E-state index < -0.39 is 5.60 Å². The molecule has 0 radical (unpaired) electrons. The Hall–Kier alpha value is -2.65. The van der Waals surface area contributed by atoms with Crippen LogP contribution >= 0.6 is 11.3 Å². The molecule has 4 heterocycles. The molecule has 2 aromatic rings. The minimum Gasteiger partial charge on any atom is -0.454 e. The molecule has 0 saturated carbocycles. The number of amides is 2. The fourth-order valence-electron chi connectivity index (χ4n) is 4.26. The molecule has 3 aliphatic heterocycles. The molecule has 5 rings (SSSR count). The van der Waals surface area contributed by atoms with Crippen LogP contribution in [-0.4, -0.2) is 65.2 Å². The molecule has 3 aliphatic rings. The van der Waals surface area contributed by atoms with Gasteiger partial charge in [-0.05, 0) is 31.0 Å². The van der Waals surface area contributed by atoms with Gasteiger partial charge in [-0.1, -0.05) is 0 Å².